The second-order valence-electron chi connectivity index (χ2n) is 24.5. The van der Waals surface area contributed by atoms with Crippen molar-refractivity contribution in [1.82, 2.24) is 0 Å². The Balaban J connectivity index is 1.28. The normalized spacial score (nSPS) is 17.6. The summed E-state index contributed by atoms with van der Waals surface area (Å²) in [4.78, 5) is 47.0. The van der Waals surface area contributed by atoms with Gasteiger partial charge in [-0.3, -0.25) is 9.59 Å². The first-order valence-electron chi connectivity index (χ1n) is 32.2. The van der Waals surface area contributed by atoms with Crippen molar-refractivity contribution >= 4 is 80.2 Å². The lowest BCUT2D eigenvalue weighted by atomic mass is 9.65. The molecule has 0 aliphatic heterocycles. The van der Waals surface area contributed by atoms with Gasteiger partial charge in [-0.25, -0.2) is 27.7 Å². The summed E-state index contributed by atoms with van der Waals surface area (Å²) in [6.07, 6.45) is 22.9. The van der Waals surface area contributed by atoms with Crippen molar-refractivity contribution in [3.63, 3.8) is 0 Å². The van der Waals surface area contributed by atoms with Crippen LogP contribution in [0.1, 0.15) is 229 Å². The number of ketones is 2. The molecular formula is C75H78F4N4O3S4. The van der Waals surface area contributed by atoms with Crippen LogP contribution in [0.15, 0.2) is 71.2 Å². The number of hydrogen-bond donors (Lipinski definition) is 0. The summed E-state index contributed by atoms with van der Waals surface area (Å²) in [5.41, 5.74) is 2.94. The fraction of sp³-hybridized carbons (Fsp3) is 0.440. The Labute approximate surface area is 545 Å². The number of ether oxygens (including phenoxy) is 1. The fourth-order valence-electron chi connectivity index (χ4n) is 13.6. The SMILES string of the molecule is [C-]#[N+]C([N+]#[C-])=C1/C(=C/c2cc(OCC(CC)CCCC)c(-c3cc4c(s3)-c3sc(-c5sc(/C=C6\C(=O)c7cc(F)c(F)cc7\C6=C(/C#N)[N+]#[C-])cc5CC(CC)CCCC)cc3C4(CC(CC)CCCC)CC(CC)CCCC)s2)C(=O)c2cc(F)c(F)cc21. The van der Waals surface area contributed by atoms with Gasteiger partial charge in [-0.1, -0.05) is 152 Å². The van der Waals surface area contributed by atoms with Gasteiger partial charge in [0, 0.05) is 67.4 Å². The second-order valence-corrected chi connectivity index (χ2v) is 28.8. The number of hydrogen-bond acceptors (Lipinski definition) is 8. The smallest absolute Gasteiger partial charge is 0.492 e. The van der Waals surface area contributed by atoms with Crippen molar-refractivity contribution < 1.29 is 31.9 Å². The van der Waals surface area contributed by atoms with Crippen LogP contribution in [0, 0.1) is 78.0 Å². The first-order valence-corrected chi connectivity index (χ1v) is 35.5. The lowest BCUT2D eigenvalue weighted by Gasteiger charge is -2.37. The van der Waals surface area contributed by atoms with Crippen LogP contribution in [-0.2, 0) is 11.8 Å². The molecule has 4 unspecified atom stereocenters. The van der Waals surface area contributed by atoms with Crippen LogP contribution in [0.3, 0.4) is 0 Å². The Morgan fingerprint density at radius 2 is 0.978 bits per heavy atom. The number of benzene rings is 2. The zero-order valence-electron chi connectivity index (χ0n) is 52.9. The number of rotatable bonds is 29. The molecule has 9 rings (SSSR count). The van der Waals surface area contributed by atoms with Crippen LogP contribution < -0.4 is 4.74 Å². The van der Waals surface area contributed by atoms with E-state index in [1.165, 1.54) is 32.2 Å². The van der Waals surface area contributed by atoms with Crippen molar-refractivity contribution in [2.45, 2.75) is 183 Å². The maximum Gasteiger partial charge on any atom is 0.528 e. The van der Waals surface area contributed by atoms with Gasteiger partial charge in [0.2, 0.25) is 0 Å². The van der Waals surface area contributed by atoms with Gasteiger partial charge in [0.05, 0.1) is 29.7 Å². The van der Waals surface area contributed by atoms with E-state index in [1.807, 2.05) is 12.1 Å². The predicted octanol–water partition coefficient (Wildman–Crippen LogP) is 23.9. The van der Waals surface area contributed by atoms with Crippen LogP contribution in [0.2, 0.25) is 0 Å². The summed E-state index contributed by atoms with van der Waals surface area (Å²) in [6, 6.07) is 14.4. The Morgan fingerprint density at radius 1 is 0.544 bits per heavy atom. The van der Waals surface area contributed by atoms with Crippen LogP contribution >= 0.6 is 45.3 Å². The lowest BCUT2D eigenvalue weighted by Crippen LogP contribution is -2.31. The van der Waals surface area contributed by atoms with Crippen LogP contribution in [-0.4, -0.2) is 18.2 Å². The zero-order valence-corrected chi connectivity index (χ0v) is 56.1. The molecule has 0 amide bonds. The predicted molar refractivity (Wildman–Crippen MR) is 363 cm³/mol. The van der Waals surface area contributed by atoms with Gasteiger partial charge >= 0.3 is 5.82 Å². The minimum Gasteiger partial charge on any atom is -0.492 e. The molecule has 468 valence electrons. The van der Waals surface area contributed by atoms with E-state index < -0.39 is 40.7 Å². The van der Waals surface area contributed by atoms with Gasteiger partial charge in [0.25, 0.3) is 5.70 Å². The van der Waals surface area contributed by atoms with Crippen LogP contribution in [0.5, 0.6) is 5.75 Å². The van der Waals surface area contributed by atoms with Gasteiger partial charge in [-0.15, -0.1) is 45.3 Å². The summed E-state index contributed by atoms with van der Waals surface area (Å²) < 4.78 is 66.6. The standard InChI is InChI=1S/C75H78F4N4O3S4/c1-12-20-24-43(16-5)28-47-29-48(30-54-66(62(41-80)81-9)50-33-58(76)60(78)35-52(50)68(54)84)87-70(47)64-37-56-71(89-64)72-57(75(56,39-44(17-6)25-21-13-2)40-45(18-7)26-22-14-3)38-65(90-72)73-63(86-42-46(19-8)27-23-15-4)32-49(88-73)31-55-67(74(82-10)83-11)51-34-59(77)61(79)36-53(51)69(55)85/h29-38,43-46H,12-28,39-40,42H2,1-8H3/b54-30-,55-31-,66-62-. The number of carbonyl (C=O) groups excluding carboxylic acids is 2. The van der Waals surface area contributed by atoms with Crippen LogP contribution in [0.25, 0.3) is 67.1 Å². The molecule has 4 aromatic heterocycles. The lowest BCUT2D eigenvalue weighted by molar-refractivity contribution is 0.103. The third kappa shape index (κ3) is 13.5. The molecule has 0 radical (unpaired) electrons. The molecule has 15 heteroatoms. The third-order valence-electron chi connectivity index (χ3n) is 18.8. The van der Waals surface area contributed by atoms with E-state index in [1.54, 1.807) is 46.2 Å². The highest BCUT2D eigenvalue weighted by molar-refractivity contribution is 7.29. The minimum absolute atomic E-state index is 0.00640. The molecule has 0 saturated heterocycles. The van der Waals surface area contributed by atoms with Crippen molar-refractivity contribution in [2.75, 3.05) is 6.61 Å². The summed E-state index contributed by atoms with van der Waals surface area (Å²) in [5.74, 6) is -4.16. The number of fused-ring (bicyclic) bond motifs is 5. The van der Waals surface area contributed by atoms with Crippen LogP contribution in [0.4, 0.5) is 17.6 Å². The number of unbranched alkanes of at least 4 members (excludes halogenated alkanes) is 4. The molecule has 0 N–H and O–H groups in total. The molecular weight excluding hydrogens is 1210 g/mol. The molecule has 0 spiro atoms. The van der Waals surface area contributed by atoms with Crippen molar-refractivity contribution in [2.24, 2.45) is 23.7 Å². The van der Waals surface area contributed by atoms with Crippen molar-refractivity contribution in [3.8, 4) is 41.1 Å². The number of nitrogens with zero attached hydrogens (tertiary/aromatic N) is 4. The maximum atomic E-state index is 15.0. The molecule has 0 bridgehead atoms. The van der Waals surface area contributed by atoms with Gasteiger partial charge in [-0.2, -0.15) is 9.69 Å². The molecule has 90 heavy (non-hydrogen) atoms. The Morgan fingerprint density at radius 3 is 1.44 bits per heavy atom. The minimum atomic E-state index is -1.19. The van der Waals surface area contributed by atoms with E-state index in [2.05, 4.69) is 88.1 Å². The molecule has 0 fully saturated rings. The maximum absolute atomic E-state index is 15.0. The Kier molecular flexibility index (Phi) is 22.5. The number of halogens is 4. The molecule has 4 atom stereocenters. The molecule has 3 aliphatic carbocycles. The number of allylic oxidation sites excluding steroid dienone is 5. The van der Waals surface area contributed by atoms with E-state index in [0.29, 0.717) is 35.0 Å². The number of thiophene rings is 4. The summed E-state index contributed by atoms with van der Waals surface area (Å²) in [7, 11) is 0. The highest BCUT2D eigenvalue weighted by atomic mass is 32.1. The highest BCUT2D eigenvalue weighted by Gasteiger charge is 2.49. The largest absolute Gasteiger partial charge is 0.528 e. The monoisotopic (exact) mass is 1290 g/mol. The van der Waals surface area contributed by atoms with Gasteiger partial charge in [0.1, 0.15) is 18.9 Å². The molecule has 2 aromatic carbocycles. The summed E-state index contributed by atoms with van der Waals surface area (Å²) >= 11 is 6.57. The molecule has 4 heterocycles. The number of Topliss-reactive ketones (excluding diaryl/α,β-unsaturated/α-hetero) is 2. The van der Waals surface area contributed by atoms with E-state index in [0.717, 1.165) is 176 Å². The van der Waals surface area contributed by atoms with Crippen molar-refractivity contribution in [1.29, 1.82) is 5.26 Å². The van der Waals surface area contributed by atoms with E-state index >= 15 is 0 Å². The van der Waals surface area contributed by atoms with Crippen molar-refractivity contribution in [3.05, 3.63) is 177 Å². The Bertz CT molecular complexity index is 3970. The average molecular weight is 1290 g/mol. The average Bonchev–Trinajstić information content (AvgIpc) is 1.54. The molecule has 0 saturated carbocycles. The van der Waals surface area contributed by atoms with E-state index in [-0.39, 0.29) is 61.6 Å². The molecule has 3 aliphatic rings. The van der Waals surface area contributed by atoms with Gasteiger partial charge in [-0.05, 0) is 138 Å². The van der Waals surface area contributed by atoms with Gasteiger partial charge < -0.3 is 4.74 Å². The quantitative estimate of drug-likeness (QED) is 0.0203. The van der Waals surface area contributed by atoms with E-state index in [4.69, 9.17) is 24.5 Å². The molecule has 6 aromatic rings. The summed E-state index contributed by atoms with van der Waals surface area (Å²) in [6.45, 7) is 42.2. The summed E-state index contributed by atoms with van der Waals surface area (Å²) in [5, 5.41) is 10.2. The van der Waals surface area contributed by atoms with E-state index in [9.17, 15) is 32.4 Å². The number of nitriles is 1. The molecule has 7 nitrogen and oxygen atoms in total. The number of carbonyl (C=O) groups is 2. The van der Waals surface area contributed by atoms with Gasteiger partial charge in [0.15, 0.2) is 34.8 Å². The first kappa shape index (κ1) is 67.4. The Hall–Kier alpha value is -6.98. The topological polar surface area (TPSA) is 80.2 Å². The second kappa shape index (κ2) is 30.0. The first-order chi connectivity index (χ1) is 43.5. The fourth-order valence-corrected chi connectivity index (χ4v) is 18.7. The third-order valence-corrected chi connectivity index (χ3v) is 23.7. The highest BCUT2D eigenvalue weighted by Crippen LogP contribution is 2.64. The zero-order chi connectivity index (χ0) is 64.6.